The molecule has 7 heteroatoms. The van der Waals surface area contributed by atoms with Crippen LogP contribution in [0.25, 0.3) is 0 Å². The van der Waals surface area contributed by atoms with Gasteiger partial charge in [-0.25, -0.2) is 9.38 Å². The molecular formula is C26H28FN5O. The summed E-state index contributed by atoms with van der Waals surface area (Å²) in [5.41, 5.74) is 3.83. The van der Waals surface area contributed by atoms with E-state index in [0.29, 0.717) is 37.7 Å². The summed E-state index contributed by atoms with van der Waals surface area (Å²) in [6.45, 7) is 5.11. The number of halogens is 1. The van der Waals surface area contributed by atoms with Gasteiger partial charge in [-0.2, -0.15) is 4.99 Å². The first kappa shape index (κ1) is 22.7. The Morgan fingerprint density at radius 1 is 1.39 bits per heavy atom. The average molecular weight is 446 g/mol. The molecule has 0 aromatic heterocycles. The Labute approximate surface area is 194 Å². The number of hydrogen-bond donors (Lipinski definition) is 1. The standard InChI is InChI=1S/C26H28FN5O/c1-6-11-31(4)12-7-8-19-14-21(33)15-26-23(19)18(3)16-28-24(26)30-25(32(26)5)29-22-10-9-20(27)13-17(22)2/h1,7-10,13,16H,11-12,14-15H2,2-5H3,(H,28,29,30)/b8-7+. The summed E-state index contributed by atoms with van der Waals surface area (Å²) in [4.78, 5) is 26.4. The maximum atomic E-state index is 13.6. The Kier molecular flexibility index (Phi) is 6.05. The van der Waals surface area contributed by atoms with Gasteiger partial charge >= 0.3 is 0 Å². The third kappa shape index (κ3) is 4.03. The van der Waals surface area contributed by atoms with Crippen LogP contribution >= 0.6 is 0 Å². The second-order valence-electron chi connectivity index (χ2n) is 8.80. The Balaban J connectivity index is 1.72. The minimum Gasteiger partial charge on any atom is -0.328 e. The quantitative estimate of drug-likeness (QED) is 0.703. The monoisotopic (exact) mass is 445 g/mol. The lowest BCUT2D eigenvalue weighted by atomic mass is 9.71. The lowest BCUT2D eigenvalue weighted by Gasteiger charge is -2.44. The van der Waals surface area contributed by atoms with E-state index in [1.165, 1.54) is 12.1 Å². The highest BCUT2D eigenvalue weighted by atomic mass is 19.1. The van der Waals surface area contributed by atoms with Gasteiger partial charge in [0.05, 0.1) is 6.54 Å². The van der Waals surface area contributed by atoms with Crippen LogP contribution in [0.1, 0.15) is 25.3 Å². The van der Waals surface area contributed by atoms with Crippen LogP contribution in [-0.4, -0.2) is 60.1 Å². The van der Waals surface area contributed by atoms with E-state index in [1.54, 1.807) is 6.07 Å². The summed E-state index contributed by atoms with van der Waals surface area (Å²) >= 11 is 0. The maximum absolute atomic E-state index is 13.6. The van der Waals surface area contributed by atoms with Crippen molar-refractivity contribution in [3.8, 4) is 12.3 Å². The molecule has 1 aliphatic carbocycles. The molecule has 1 unspecified atom stereocenters. The third-order valence-corrected chi connectivity index (χ3v) is 6.35. The van der Waals surface area contributed by atoms with Crippen LogP contribution < -0.4 is 5.32 Å². The highest BCUT2D eigenvalue weighted by Gasteiger charge is 2.55. The van der Waals surface area contributed by atoms with Crippen LogP contribution in [0.3, 0.4) is 0 Å². The first-order valence-electron chi connectivity index (χ1n) is 10.9. The van der Waals surface area contributed by atoms with Crippen LogP contribution in [0, 0.1) is 25.1 Å². The average Bonchev–Trinajstić information content (AvgIpc) is 3.00. The molecule has 3 aliphatic rings. The lowest BCUT2D eigenvalue weighted by Crippen LogP contribution is -2.56. The van der Waals surface area contributed by atoms with Gasteiger partial charge in [0.25, 0.3) is 0 Å². The predicted molar refractivity (Wildman–Crippen MR) is 131 cm³/mol. The van der Waals surface area contributed by atoms with Crippen molar-refractivity contribution in [1.29, 1.82) is 0 Å². The number of benzene rings is 1. The first-order chi connectivity index (χ1) is 15.8. The van der Waals surface area contributed by atoms with Gasteiger partial charge < -0.3 is 10.2 Å². The molecule has 2 heterocycles. The number of allylic oxidation sites excluding steroid dienone is 2. The number of rotatable bonds is 5. The van der Waals surface area contributed by atoms with Crippen molar-refractivity contribution < 1.29 is 9.18 Å². The molecule has 0 radical (unpaired) electrons. The highest BCUT2D eigenvalue weighted by molar-refractivity contribution is 6.17. The number of guanidine groups is 1. The molecule has 33 heavy (non-hydrogen) atoms. The van der Waals surface area contributed by atoms with Gasteiger partial charge in [0, 0.05) is 38.3 Å². The van der Waals surface area contributed by atoms with E-state index < -0.39 is 5.54 Å². The number of aliphatic imine (C=N–C) groups is 2. The molecule has 4 rings (SSSR count). The number of aryl methyl sites for hydroxylation is 1. The van der Waals surface area contributed by atoms with Gasteiger partial charge in [0.2, 0.25) is 5.96 Å². The second-order valence-corrected chi connectivity index (χ2v) is 8.80. The first-order valence-corrected chi connectivity index (χ1v) is 10.9. The number of nitrogens with one attached hydrogen (secondary N) is 1. The predicted octanol–water partition coefficient (Wildman–Crippen LogP) is 3.68. The van der Waals surface area contributed by atoms with Gasteiger partial charge in [-0.05, 0) is 61.4 Å². The summed E-state index contributed by atoms with van der Waals surface area (Å²) in [7, 11) is 3.88. The molecule has 2 aliphatic heterocycles. The van der Waals surface area contributed by atoms with Crippen LogP contribution in [0.2, 0.25) is 0 Å². The number of likely N-dealkylation sites (N-methyl/N-ethyl adjacent to an activating group) is 2. The topological polar surface area (TPSA) is 60.3 Å². The molecule has 6 nitrogen and oxygen atoms in total. The van der Waals surface area contributed by atoms with E-state index in [2.05, 4.69) is 16.2 Å². The fourth-order valence-electron chi connectivity index (χ4n) is 4.75. The van der Waals surface area contributed by atoms with Crippen LogP contribution in [0.4, 0.5) is 10.1 Å². The summed E-state index contributed by atoms with van der Waals surface area (Å²) in [5.74, 6) is 3.66. The second kappa shape index (κ2) is 8.80. The zero-order valence-electron chi connectivity index (χ0n) is 19.4. The van der Waals surface area contributed by atoms with Gasteiger partial charge in [-0.1, -0.05) is 18.1 Å². The molecule has 0 bridgehead atoms. The molecule has 0 amide bonds. The van der Waals surface area contributed by atoms with E-state index >= 15 is 0 Å². The molecule has 0 saturated heterocycles. The molecule has 1 spiro atoms. The third-order valence-electron chi connectivity index (χ3n) is 6.35. The number of terminal acetylenes is 1. The van der Waals surface area contributed by atoms with Gasteiger partial charge in [-0.3, -0.25) is 9.69 Å². The van der Waals surface area contributed by atoms with Crippen LogP contribution in [0.15, 0.2) is 63.3 Å². The van der Waals surface area contributed by atoms with Gasteiger partial charge in [-0.15, -0.1) is 6.42 Å². The summed E-state index contributed by atoms with van der Waals surface area (Å²) < 4.78 is 13.6. The number of hydrogen-bond acceptors (Lipinski definition) is 6. The minimum atomic E-state index is -0.755. The molecule has 1 atom stereocenters. The number of nitrogens with zero attached hydrogens (tertiary/aromatic N) is 4. The van der Waals surface area contributed by atoms with E-state index in [0.717, 1.165) is 28.0 Å². The van der Waals surface area contributed by atoms with E-state index in [9.17, 15) is 9.18 Å². The van der Waals surface area contributed by atoms with E-state index in [4.69, 9.17) is 11.4 Å². The van der Waals surface area contributed by atoms with Crippen LogP contribution in [-0.2, 0) is 4.79 Å². The molecule has 170 valence electrons. The van der Waals surface area contributed by atoms with E-state index in [-0.39, 0.29) is 11.6 Å². The highest BCUT2D eigenvalue weighted by Crippen LogP contribution is 2.46. The number of carbonyl (C=O) groups excluding carboxylic acids is 1. The Morgan fingerprint density at radius 3 is 2.91 bits per heavy atom. The van der Waals surface area contributed by atoms with Crippen molar-refractivity contribution in [2.45, 2.75) is 32.2 Å². The number of amidine groups is 1. The zero-order valence-corrected chi connectivity index (χ0v) is 19.4. The SMILES string of the molecule is C#CCN(C)C/C=C/C1=C2C(C)=CN=C3N=C(Nc4ccc(F)cc4C)N(C)C32CC(=O)C1. The van der Waals surface area contributed by atoms with Gasteiger partial charge in [0.1, 0.15) is 17.1 Å². The van der Waals surface area contributed by atoms with Crippen molar-refractivity contribution in [1.82, 2.24) is 9.80 Å². The summed E-state index contributed by atoms with van der Waals surface area (Å²) in [5, 5.41) is 3.31. The molecule has 1 aromatic rings. The molecule has 0 saturated carbocycles. The maximum Gasteiger partial charge on any atom is 0.205 e. The summed E-state index contributed by atoms with van der Waals surface area (Å²) in [6.07, 6.45) is 12.0. The molecular weight excluding hydrogens is 417 g/mol. The molecule has 0 fully saturated rings. The Hall–Kier alpha value is -3.50. The Morgan fingerprint density at radius 2 is 2.18 bits per heavy atom. The Bertz CT molecular complexity index is 1200. The number of ketones is 1. The lowest BCUT2D eigenvalue weighted by molar-refractivity contribution is -0.119. The minimum absolute atomic E-state index is 0.138. The fourth-order valence-corrected chi connectivity index (χ4v) is 4.75. The normalized spacial score (nSPS) is 22.2. The van der Waals surface area contributed by atoms with Crippen molar-refractivity contribution in [2.75, 3.05) is 32.5 Å². The van der Waals surface area contributed by atoms with Crippen molar-refractivity contribution in [3.05, 3.63) is 64.7 Å². The summed E-state index contributed by atoms with van der Waals surface area (Å²) in [6, 6.07) is 4.58. The number of Topliss-reactive ketones (excluding diaryl/α,β-unsaturated/α-hetero) is 1. The largest absolute Gasteiger partial charge is 0.328 e. The fraction of sp³-hybridized carbons (Fsp3) is 0.346. The smallest absolute Gasteiger partial charge is 0.205 e. The van der Waals surface area contributed by atoms with Crippen LogP contribution in [0.5, 0.6) is 0 Å². The number of carbonyl (C=O) groups is 1. The zero-order chi connectivity index (χ0) is 23.8. The number of anilines is 1. The van der Waals surface area contributed by atoms with Crippen molar-refractivity contribution in [3.63, 3.8) is 0 Å². The van der Waals surface area contributed by atoms with Crippen molar-refractivity contribution >= 4 is 23.3 Å². The molecule has 1 N–H and O–H groups in total. The van der Waals surface area contributed by atoms with E-state index in [1.807, 2.05) is 56.1 Å². The van der Waals surface area contributed by atoms with Crippen molar-refractivity contribution in [2.24, 2.45) is 9.98 Å². The molecule has 1 aromatic carbocycles. The van der Waals surface area contributed by atoms with Gasteiger partial charge in [0.15, 0.2) is 5.84 Å².